The van der Waals surface area contributed by atoms with Crippen LogP contribution in [-0.2, 0) is 6.42 Å². The van der Waals surface area contributed by atoms with Gasteiger partial charge in [0.25, 0.3) is 0 Å². The van der Waals surface area contributed by atoms with Crippen molar-refractivity contribution in [3.05, 3.63) is 217 Å². The van der Waals surface area contributed by atoms with Crippen molar-refractivity contribution in [1.82, 2.24) is 9.13 Å². The molecule has 2 aromatic heterocycles. The standard InChI is InChI=1S/C55H36N2/c1-3-12-36(13-4-1)37-22-27-44(28-23-37)57-53-30-25-39(38-24-29-52-48(33-38)47-19-9-10-21-51(47)56(52)43-16-5-2-6-17-43)34-49(53)50-35-41(26-31-54(50)57)46-20-11-15-42-32-40-14-7-8-18-45(40)55(42)46/h1-31,33-35H,32H2. The molecule has 0 N–H and O–H groups in total. The summed E-state index contributed by atoms with van der Waals surface area (Å²) in [5.41, 5.74) is 20.1. The molecule has 0 radical (unpaired) electrons. The summed E-state index contributed by atoms with van der Waals surface area (Å²) in [4.78, 5) is 0. The van der Waals surface area contributed by atoms with Crippen molar-refractivity contribution in [2.45, 2.75) is 6.42 Å². The van der Waals surface area contributed by atoms with E-state index in [9.17, 15) is 0 Å². The van der Waals surface area contributed by atoms with Crippen LogP contribution in [0, 0.1) is 0 Å². The fourth-order valence-electron chi connectivity index (χ4n) is 9.52. The van der Waals surface area contributed by atoms with Gasteiger partial charge in [-0.3, -0.25) is 0 Å². The molecule has 0 aliphatic heterocycles. The van der Waals surface area contributed by atoms with Crippen LogP contribution < -0.4 is 0 Å². The normalized spacial score (nSPS) is 12.1. The van der Waals surface area contributed by atoms with Crippen LogP contribution >= 0.6 is 0 Å². The van der Waals surface area contributed by atoms with Gasteiger partial charge in [-0.05, 0) is 129 Å². The van der Waals surface area contributed by atoms with Crippen molar-refractivity contribution < 1.29 is 0 Å². The van der Waals surface area contributed by atoms with Crippen molar-refractivity contribution >= 4 is 43.6 Å². The lowest BCUT2D eigenvalue weighted by Gasteiger charge is -2.12. The fourth-order valence-corrected chi connectivity index (χ4v) is 9.52. The summed E-state index contributed by atoms with van der Waals surface area (Å²) in [5.74, 6) is 0. The second-order valence-corrected chi connectivity index (χ2v) is 15.3. The van der Waals surface area contributed by atoms with Gasteiger partial charge in [0.1, 0.15) is 0 Å². The van der Waals surface area contributed by atoms with E-state index < -0.39 is 0 Å². The molecule has 11 aromatic rings. The predicted octanol–water partition coefficient (Wildman–Crippen LogP) is 14.5. The van der Waals surface area contributed by atoms with Crippen molar-refractivity contribution in [2.75, 3.05) is 0 Å². The lowest BCUT2D eigenvalue weighted by atomic mass is 9.93. The molecule has 57 heavy (non-hydrogen) atoms. The third-order valence-corrected chi connectivity index (χ3v) is 12.1. The van der Waals surface area contributed by atoms with Gasteiger partial charge in [-0.1, -0.05) is 140 Å². The van der Waals surface area contributed by atoms with Crippen LogP contribution in [0.4, 0.5) is 0 Å². The average molecular weight is 725 g/mol. The summed E-state index contributed by atoms with van der Waals surface area (Å²) in [5, 5.41) is 5.02. The summed E-state index contributed by atoms with van der Waals surface area (Å²) in [6, 6.07) is 75.9. The molecule has 2 nitrogen and oxygen atoms in total. The topological polar surface area (TPSA) is 9.86 Å². The second-order valence-electron chi connectivity index (χ2n) is 15.3. The van der Waals surface area contributed by atoms with Gasteiger partial charge < -0.3 is 9.13 Å². The molecule has 0 saturated heterocycles. The quantitative estimate of drug-likeness (QED) is 0.167. The van der Waals surface area contributed by atoms with Crippen molar-refractivity contribution in [2.24, 2.45) is 0 Å². The van der Waals surface area contributed by atoms with Gasteiger partial charge in [-0.15, -0.1) is 0 Å². The summed E-state index contributed by atoms with van der Waals surface area (Å²) in [6.07, 6.45) is 0.984. The fraction of sp³-hybridized carbons (Fsp3) is 0.0182. The van der Waals surface area contributed by atoms with Crippen LogP contribution in [0.1, 0.15) is 11.1 Å². The largest absolute Gasteiger partial charge is 0.309 e. The molecule has 0 amide bonds. The molecule has 0 fully saturated rings. The Morgan fingerprint density at radius 2 is 0.754 bits per heavy atom. The van der Waals surface area contributed by atoms with Gasteiger partial charge in [0.15, 0.2) is 0 Å². The molecule has 0 saturated carbocycles. The lowest BCUT2D eigenvalue weighted by Crippen LogP contribution is -1.94. The Morgan fingerprint density at radius 1 is 0.281 bits per heavy atom. The number of para-hydroxylation sites is 2. The van der Waals surface area contributed by atoms with Gasteiger partial charge in [0.2, 0.25) is 0 Å². The number of hydrogen-bond donors (Lipinski definition) is 0. The molecule has 12 rings (SSSR count). The molecule has 0 bridgehead atoms. The molecule has 9 aromatic carbocycles. The lowest BCUT2D eigenvalue weighted by molar-refractivity contribution is 1.18. The van der Waals surface area contributed by atoms with E-state index in [4.69, 9.17) is 0 Å². The Morgan fingerprint density at radius 3 is 1.47 bits per heavy atom. The number of rotatable bonds is 5. The predicted molar refractivity (Wildman–Crippen MR) is 240 cm³/mol. The van der Waals surface area contributed by atoms with Crippen LogP contribution in [0.5, 0.6) is 0 Å². The van der Waals surface area contributed by atoms with E-state index in [1.54, 1.807) is 0 Å². The van der Waals surface area contributed by atoms with E-state index in [0.717, 1.165) is 12.1 Å². The zero-order chi connectivity index (χ0) is 37.5. The Labute approximate surface area is 331 Å². The molecule has 1 aliphatic rings. The monoisotopic (exact) mass is 724 g/mol. The molecule has 0 spiro atoms. The Hall–Kier alpha value is -7.42. The molecular formula is C55H36N2. The van der Waals surface area contributed by atoms with Crippen molar-refractivity contribution in [3.8, 4) is 55.9 Å². The van der Waals surface area contributed by atoms with Crippen LogP contribution in [0.25, 0.3) is 99.5 Å². The minimum absolute atomic E-state index is 0.984. The molecular weight excluding hydrogens is 689 g/mol. The third-order valence-electron chi connectivity index (χ3n) is 12.1. The van der Waals surface area contributed by atoms with E-state index in [2.05, 4.69) is 215 Å². The SMILES string of the molecule is c1ccc(-c2ccc(-n3c4ccc(-c5ccc6c(c5)c5ccccc5n6-c5ccccc5)cc4c4cc(-c5cccc6c5-c5ccccc5C6)ccc43)cc2)cc1. The Bertz CT molecular complexity index is 3350. The highest BCUT2D eigenvalue weighted by Gasteiger charge is 2.23. The average Bonchev–Trinajstić information content (AvgIpc) is 3.94. The summed E-state index contributed by atoms with van der Waals surface area (Å²) >= 11 is 0. The van der Waals surface area contributed by atoms with Gasteiger partial charge in [0.05, 0.1) is 22.1 Å². The molecule has 2 heteroatoms. The highest BCUT2D eigenvalue weighted by atomic mass is 15.0. The van der Waals surface area contributed by atoms with E-state index in [1.807, 2.05) is 0 Å². The number of benzene rings is 9. The number of aromatic nitrogens is 2. The van der Waals surface area contributed by atoms with Gasteiger partial charge in [-0.2, -0.15) is 0 Å². The maximum Gasteiger partial charge on any atom is 0.0541 e. The van der Waals surface area contributed by atoms with E-state index in [1.165, 1.54) is 105 Å². The summed E-state index contributed by atoms with van der Waals surface area (Å²) in [6.45, 7) is 0. The maximum absolute atomic E-state index is 2.44. The highest BCUT2D eigenvalue weighted by Crippen LogP contribution is 2.45. The van der Waals surface area contributed by atoms with Crippen molar-refractivity contribution in [1.29, 1.82) is 0 Å². The second kappa shape index (κ2) is 12.6. The van der Waals surface area contributed by atoms with Gasteiger partial charge >= 0.3 is 0 Å². The highest BCUT2D eigenvalue weighted by molar-refractivity contribution is 6.13. The number of hydrogen-bond acceptors (Lipinski definition) is 0. The molecule has 2 heterocycles. The first kappa shape index (κ1) is 31.9. The zero-order valence-electron chi connectivity index (χ0n) is 31.2. The number of nitrogens with zero attached hydrogens (tertiary/aromatic N) is 2. The first-order valence-corrected chi connectivity index (χ1v) is 19.8. The zero-order valence-corrected chi connectivity index (χ0v) is 31.2. The van der Waals surface area contributed by atoms with Gasteiger partial charge in [-0.25, -0.2) is 0 Å². The Kier molecular flexibility index (Phi) is 7.02. The summed E-state index contributed by atoms with van der Waals surface area (Å²) < 4.78 is 4.82. The smallest absolute Gasteiger partial charge is 0.0541 e. The minimum atomic E-state index is 0.984. The van der Waals surface area contributed by atoms with Crippen LogP contribution in [0.2, 0.25) is 0 Å². The summed E-state index contributed by atoms with van der Waals surface area (Å²) in [7, 11) is 0. The van der Waals surface area contributed by atoms with E-state index in [0.29, 0.717) is 0 Å². The van der Waals surface area contributed by atoms with E-state index in [-0.39, 0.29) is 0 Å². The first-order valence-electron chi connectivity index (χ1n) is 19.8. The first-order chi connectivity index (χ1) is 28.3. The minimum Gasteiger partial charge on any atom is -0.309 e. The maximum atomic E-state index is 2.44. The third kappa shape index (κ3) is 4.97. The Balaban J connectivity index is 1.06. The molecule has 0 unspecified atom stereocenters. The van der Waals surface area contributed by atoms with E-state index >= 15 is 0 Å². The van der Waals surface area contributed by atoms with Crippen LogP contribution in [-0.4, -0.2) is 9.13 Å². The molecule has 0 atom stereocenters. The molecule has 1 aliphatic carbocycles. The van der Waals surface area contributed by atoms with Crippen molar-refractivity contribution in [3.63, 3.8) is 0 Å². The number of fused-ring (bicyclic) bond motifs is 9. The van der Waals surface area contributed by atoms with Crippen LogP contribution in [0.15, 0.2) is 206 Å². The van der Waals surface area contributed by atoms with Gasteiger partial charge in [0, 0.05) is 32.9 Å². The van der Waals surface area contributed by atoms with Crippen LogP contribution in [0.3, 0.4) is 0 Å². The molecule has 266 valence electrons.